The van der Waals surface area contributed by atoms with Gasteiger partial charge in [-0.15, -0.1) is 0 Å². The van der Waals surface area contributed by atoms with E-state index in [1.54, 1.807) is 36.4 Å². The Balaban J connectivity index is 1.70. The number of halogens is 1. The molecule has 0 bridgehead atoms. The quantitative estimate of drug-likeness (QED) is 0.450. The molecular weight excluding hydrogens is 448 g/mol. The fourth-order valence-corrected chi connectivity index (χ4v) is 4.51. The van der Waals surface area contributed by atoms with Crippen LogP contribution in [0.5, 0.6) is 5.75 Å². The Morgan fingerprint density at radius 1 is 0.969 bits per heavy atom. The van der Waals surface area contributed by atoms with Crippen LogP contribution >= 0.6 is 11.6 Å². The van der Waals surface area contributed by atoms with Crippen molar-refractivity contribution >= 4 is 38.9 Å². The third-order valence-electron chi connectivity index (χ3n) is 4.92. The van der Waals surface area contributed by atoms with Gasteiger partial charge in [0.1, 0.15) is 5.75 Å². The molecule has 8 heteroatoms. The van der Waals surface area contributed by atoms with Crippen molar-refractivity contribution in [2.45, 2.75) is 38.2 Å². The fourth-order valence-electron chi connectivity index (χ4n) is 3.12. The number of nitrogens with one attached hydrogen (secondary N) is 2. The highest BCUT2D eigenvalue weighted by molar-refractivity contribution is 7.92. The largest absolute Gasteiger partial charge is 0.479 e. The number of aryl methyl sites for hydroxylation is 2. The number of rotatable bonds is 8. The standard InChI is InChI=1S/C24H25ClN2O4S/c1-4-21(31-22-11-6-5-10-20(22)25)24(28)26-18-12-14-19(15-13-18)32(29,30)27-23-16(2)8-7-9-17(23)3/h5-15,21,27H,4H2,1-3H3,(H,26,28)/t21-/m0/s1. The van der Waals surface area contributed by atoms with Crippen molar-refractivity contribution in [2.75, 3.05) is 10.0 Å². The van der Waals surface area contributed by atoms with Crippen LogP contribution in [0, 0.1) is 13.8 Å². The van der Waals surface area contributed by atoms with Gasteiger partial charge in [-0.3, -0.25) is 9.52 Å². The highest BCUT2D eigenvalue weighted by Gasteiger charge is 2.21. The van der Waals surface area contributed by atoms with E-state index in [2.05, 4.69) is 10.0 Å². The molecule has 0 aliphatic rings. The van der Waals surface area contributed by atoms with Crippen LogP contribution in [0.15, 0.2) is 71.6 Å². The summed E-state index contributed by atoms with van der Waals surface area (Å²) >= 11 is 6.11. The number of benzene rings is 3. The molecule has 0 spiro atoms. The summed E-state index contributed by atoms with van der Waals surface area (Å²) in [7, 11) is -3.77. The molecular formula is C24H25ClN2O4S. The number of carbonyl (C=O) groups is 1. The summed E-state index contributed by atoms with van der Waals surface area (Å²) in [6, 6.07) is 18.5. The van der Waals surface area contributed by atoms with Gasteiger partial charge in [0.05, 0.1) is 15.6 Å². The minimum atomic E-state index is -3.77. The predicted octanol–water partition coefficient (Wildman–Crippen LogP) is 5.55. The number of hydrogen-bond donors (Lipinski definition) is 2. The Morgan fingerprint density at radius 2 is 1.59 bits per heavy atom. The van der Waals surface area contributed by atoms with E-state index < -0.39 is 16.1 Å². The summed E-state index contributed by atoms with van der Waals surface area (Å²) in [5.74, 6) is 0.0758. The monoisotopic (exact) mass is 472 g/mol. The first-order valence-electron chi connectivity index (χ1n) is 10.1. The average Bonchev–Trinajstić information content (AvgIpc) is 2.76. The maximum Gasteiger partial charge on any atom is 0.265 e. The molecule has 0 saturated heterocycles. The summed E-state index contributed by atoms with van der Waals surface area (Å²) in [6.07, 6.45) is -0.313. The van der Waals surface area contributed by atoms with E-state index in [0.717, 1.165) is 11.1 Å². The van der Waals surface area contributed by atoms with Crippen molar-refractivity contribution in [3.05, 3.63) is 82.9 Å². The van der Waals surface area contributed by atoms with Crippen molar-refractivity contribution in [2.24, 2.45) is 0 Å². The molecule has 32 heavy (non-hydrogen) atoms. The van der Waals surface area contributed by atoms with Gasteiger partial charge < -0.3 is 10.1 Å². The molecule has 6 nitrogen and oxygen atoms in total. The van der Waals surface area contributed by atoms with Gasteiger partial charge in [0.2, 0.25) is 0 Å². The number of sulfonamides is 1. The van der Waals surface area contributed by atoms with Gasteiger partial charge in [-0.2, -0.15) is 0 Å². The van der Waals surface area contributed by atoms with Gasteiger partial charge in [-0.05, 0) is 67.8 Å². The number of anilines is 2. The number of hydrogen-bond acceptors (Lipinski definition) is 4. The molecule has 3 aromatic carbocycles. The van der Waals surface area contributed by atoms with E-state index in [-0.39, 0.29) is 10.8 Å². The normalized spacial score (nSPS) is 12.1. The number of ether oxygens (including phenoxy) is 1. The molecule has 0 radical (unpaired) electrons. The zero-order chi connectivity index (χ0) is 23.3. The van der Waals surface area contributed by atoms with Gasteiger partial charge in [-0.1, -0.05) is 48.9 Å². The van der Waals surface area contributed by atoms with Crippen LogP contribution in [0.25, 0.3) is 0 Å². The molecule has 0 unspecified atom stereocenters. The summed E-state index contributed by atoms with van der Waals surface area (Å²) < 4.78 is 34.0. The summed E-state index contributed by atoms with van der Waals surface area (Å²) in [6.45, 7) is 5.52. The highest BCUT2D eigenvalue weighted by atomic mass is 35.5. The van der Waals surface area contributed by atoms with Crippen LogP contribution in [0.4, 0.5) is 11.4 Å². The Morgan fingerprint density at radius 3 is 2.19 bits per heavy atom. The van der Waals surface area contributed by atoms with E-state index in [1.165, 1.54) is 12.1 Å². The smallest absolute Gasteiger partial charge is 0.265 e. The fraction of sp³-hybridized carbons (Fsp3) is 0.208. The number of para-hydroxylation sites is 2. The molecule has 0 saturated carbocycles. The van der Waals surface area contributed by atoms with Gasteiger partial charge in [0.25, 0.3) is 15.9 Å². The van der Waals surface area contributed by atoms with E-state index >= 15 is 0 Å². The van der Waals surface area contributed by atoms with E-state index in [1.807, 2.05) is 39.0 Å². The first-order chi connectivity index (χ1) is 15.2. The lowest BCUT2D eigenvalue weighted by atomic mass is 10.1. The Kier molecular flexibility index (Phi) is 7.43. The van der Waals surface area contributed by atoms with Gasteiger partial charge in [0.15, 0.2) is 6.10 Å². The lowest BCUT2D eigenvalue weighted by molar-refractivity contribution is -0.122. The SMILES string of the molecule is CC[C@H](Oc1ccccc1Cl)C(=O)Nc1ccc(S(=O)(=O)Nc2c(C)cccc2C)cc1. The van der Waals surface area contributed by atoms with Crippen molar-refractivity contribution in [3.8, 4) is 5.75 Å². The van der Waals surface area contributed by atoms with Crippen LogP contribution in [0.3, 0.4) is 0 Å². The van der Waals surface area contributed by atoms with Crippen molar-refractivity contribution in [1.82, 2.24) is 0 Å². The number of amides is 1. The van der Waals surface area contributed by atoms with Crippen molar-refractivity contribution in [1.29, 1.82) is 0 Å². The predicted molar refractivity (Wildman–Crippen MR) is 128 cm³/mol. The Hall–Kier alpha value is -3.03. The van der Waals surface area contributed by atoms with Crippen LogP contribution in [0.2, 0.25) is 5.02 Å². The zero-order valence-corrected chi connectivity index (χ0v) is 19.6. The van der Waals surface area contributed by atoms with Gasteiger partial charge >= 0.3 is 0 Å². The van der Waals surface area contributed by atoms with Crippen LogP contribution in [0.1, 0.15) is 24.5 Å². The molecule has 0 aliphatic heterocycles. The minimum Gasteiger partial charge on any atom is -0.479 e. The number of carbonyl (C=O) groups excluding carboxylic acids is 1. The second-order valence-electron chi connectivity index (χ2n) is 7.33. The topological polar surface area (TPSA) is 84.5 Å². The minimum absolute atomic E-state index is 0.0949. The van der Waals surface area contributed by atoms with E-state index in [9.17, 15) is 13.2 Å². The van der Waals surface area contributed by atoms with Gasteiger partial charge in [-0.25, -0.2) is 8.42 Å². The first-order valence-corrected chi connectivity index (χ1v) is 12.0. The second kappa shape index (κ2) is 10.1. The summed E-state index contributed by atoms with van der Waals surface area (Å²) in [5.41, 5.74) is 2.69. The lowest BCUT2D eigenvalue weighted by Crippen LogP contribution is -2.32. The highest BCUT2D eigenvalue weighted by Crippen LogP contribution is 2.26. The van der Waals surface area contributed by atoms with Crippen molar-refractivity contribution in [3.63, 3.8) is 0 Å². The average molecular weight is 473 g/mol. The lowest BCUT2D eigenvalue weighted by Gasteiger charge is -2.18. The summed E-state index contributed by atoms with van der Waals surface area (Å²) in [4.78, 5) is 12.7. The maximum atomic E-state index is 12.8. The third-order valence-corrected chi connectivity index (χ3v) is 6.60. The molecule has 0 aliphatic carbocycles. The second-order valence-corrected chi connectivity index (χ2v) is 9.42. The molecule has 0 fully saturated rings. The van der Waals surface area contributed by atoms with Crippen LogP contribution in [-0.2, 0) is 14.8 Å². The third kappa shape index (κ3) is 5.60. The van der Waals surface area contributed by atoms with Gasteiger partial charge in [0, 0.05) is 5.69 Å². The molecule has 168 valence electrons. The van der Waals surface area contributed by atoms with Crippen LogP contribution < -0.4 is 14.8 Å². The molecule has 1 atom stereocenters. The van der Waals surface area contributed by atoms with E-state index in [0.29, 0.717) is 28.6 Å². The Bertz CT molecular complexity index is 1190. The maximum absolute atomic E-state index is 12.8. The van der Waals surface area contributed by atoms with E-state index in [4.69, 9.17) is 16.3 Å². The summed E-state index contributed by atoms with van der Waals surface area (Å²) in [5, 5.41) is 3.18. The molecule has 3 aromatic rings. The van der Waals surface area contributed by atoms with Crippen molar-refractivity contribution < 1.29 is 17.9 Å². The van der Waals surface area contributed by atoms with Crippen LogP contribution in [-0.4, -0.2) is 20.4 Å². The molecule has 0 heterocycles. The first kappa shape index (κ1) is 23.6. The molecule has 0 aromatic heterocycles. The Labute approximate surface area is 193 Å². The zero-order valence-electron chi connectivity index (χ0n) is 18.1. The molecule has 1 amide bonds. The molecule has 3 rings (SSSR count). The molecule has 2 N–H and O–H groups in total.